The Morgan fingerprint density at radius 2 is 1.87 bits per heavy atom. The Morgan fingerprint density at radius 1 is 1.10 bits per heavy atom. The van der Waals surface area contributed by atoms with Crippen LogP contribution in [-0.2, 0) is 6.54 Å². The summed E-state index contributed by atoms with van der Waals surface area (Å²) in [5.41, 5.74) is 3.06. The molecule has 0 unspecified atom stereocenters. The number of aromatic nitrogens is 1. The van der Waals surface area contributed by atoms with Crippen LogP contribution in [0.2, 0.25) is 10.0 Å². The first kappa shape index (κ1) is 20.7. The van der Waals surface area contributed by atoms with Crippen LogP contribution in [0, 0.1) is 6.92 Å². The number of hydrogen-bond acceptors (Lipinski definition) is 4. The molecule has 0 saturated carbocycles. The van der Waals surface area contributed by atoms with Crippen molar-refractivity contribution >= 4 is 55.8 Å². The normalized spacial score (nSPS) is 10.9. The topological polar surface area (TPSA) is 42.4 Å². The van der Waals surface area contributed by atoms with E-state index in [4.69, 9.17) is 32.9 Å². The number of nitrogens with zero attached hydrogens (tertiary/aromatic N) is 2. The van der Waals surface area contributed by atoms with Gasteiger partial charge in [0.15, 0.2) is 5.13 Å². The van der Waals surface area contributed by atoms with Crippen molar-refractivity contribution in [2.45, 2.75) is 13.5 Å². The van der Waals surface area contributed by atoms with Crippen molar-refractivity contribution in [1.82, 2.24) is 4.98 Å². The molecule has 0 saturated heterocycles. The van der Waals surface area contributed by atoms with Gasteiger partial charge in [-0.3, -0.25) is 9.69 Å². The molecule has 4 nitrogen and oxygen atoms in total. The van der Waals surface area contributed by atoms with Crippen LogP contribution in [0.3, 0.4) is 0 Å². The largest absolute Gasteiger partial charge is 0.496 e. The number of ether oxygens (including phenoxy) is 1. The van der Waals surface area contributed by atoms with E-state index in [1.165, 1.54) is 18.4 Å². The first-order valence-electron chi connectivity index (χ1n) is 9.23. The van der Waals surface area contributed by atoms with E-state index in [1.807, 2.05) is 49.4 Å². The summed E-state index contributed by atoms with van der Waals surface area (Å²) in [5, 5.41) is 1.70. The second kappa shape index (κ2) is 8.64. The summed E-state index contributed by atoms with van der Waals surface area (Å²) in [6.07, 6.45) is 0. The fourth-order valence-electron chi connectivity index (χ4n) is 3.19. The second-order valence-corrected chi connectivity index (χ2v) is 8.59. The van der Waals surface area contributed by atoms with Crippen molar-refractivity contribution in [3.05, 3.63) is 87.4 Å². The van der Waals surface area contributed by atoms with Gasteiger partial charge in [-0.25, -0.2) is 4.98 Å². The minimum absolute atomic E-state index is 0.235. The van der Waals surface area contributed by atoms with Crippen LogP contribution in [0.1, 0.15) is 21.5 Å². The predicted octanol–water partition coefficient (Wildman–Crippen LogP) is 6.77. The number of aryl methyl sites for hydroxylation is 1. The highest BCUT2D eigenvalue weighted by Crippen LogP contribution is 2.35. The molecule has 30 heavy (non-hydrogen) atoms. The van der Waals surface area contributed by atoms with Gasteiger partial charge in [-0.2, -0.15) is 0 Å². The van der Waals surface area contributed by atoms with Crippen LogP contribution in [0.25, 0.3) is 10.2 Å². The van der Waals surface area contributed by atoms with Crippen molar-refractivity contribution in [1.29, 1.82) is 0 Å². The zero-order valence-corrected chi connectivity index (χ0v) is 18.7. The highest BCUT2D eigenvalue weighted by molar-refractivity contribution is 7.22. The van der Waals surface area contributed by atoms with Gasteiger partial charge in [-0.15, -0.1) is 0 Å². The van der Waals surface area contributed by atoms with Crippen LogP contribution in [0.15, 0.2) is 60.7 Å². The molecule has 7 heteroatoms. The summed E-state index contributed by atoms with van der Waals surface area (Å²) in [6, 6.07) is 18.6. The number of methoxy groups -OCH3 is 1. The van der Waals surface area contributed by atoms with Gasteiger partial charge < -0.3 is 4.74 Å². The zero-order chi connectivity index (χ0) is 21.3. The van der Waals surface area contributed by atoms with Crippen molar-refractivity contribution in [2.75, 3.05) is 12.0 Å². The third kappa shape index (κ3) is 4.01. The molecule has 0 aliphatic heterocycles. The molecular weight excluding hydrogens is 439 g/mol. The maximum atomic E-state index is 13.6. The lowest BCUT2D eigenvalue weighted by Gasteiger charge is -2.21. The number of fused-ring (bicyclic) bond motifs is 1. The smallest absolute Gasteiger partial charge is 0.264 e. The van der Waals surface area contributed by atoms with Crippen LogP contribution < -0.4 is 9.64 Å². The minimum atomic E-state index is -0.235. The number of carbonyl (C=O) groups is 1. The monoisotopic (exact) mass is 456 g/mol. The molecule has 4 rings (SSSR count). The lowest BCUT2D eigenvalue weighted by molar-refractivity contribution is 0.0982. The molecule has 1 aromatic heterocycles. The maximum Gasteiger partial charge on any atom is 0.264 e. The Hall–Kier alpha value is -2.60. The first-order chi connectivity index (χ1) is 14.5. The molecule has 0 fully saturated rings. The van der Waals surface area contributed by atoms with Crippen LogP contribution >= 0.6 is 34.5 Å². The molecule has 4 aromatic rings. The maximum absolute atomic E-state index is 13.6. The third-order valence-electron chi connectivity index (χ3n) is 4.79. The van der Waals surface area contributed by atoms with E-state index in [-0.39, 0.29) is 5.91 Å². The SMILES string of the molecule is COc1ccc(Cl)cc1C(=O)N(Cc1ccccc1)c1nc2c(C)c(Cl)ccc2s1. The molecule has 0 N–H and O–H groups in total. The van der Waals surface area contributed by atoms with Gasteiger partial charge in [-0.05, 0) is 48.4 Å². The fraction of sp³-hybridized carbons (Fsp3) is 0.130. The van der Waals surface area contributed by atoms with Gasteiger partial charge in [0.25, 0.3) is 5.91 Å². The Morgan fingerprint density at radius 3 is 2.60 bits per heavy atom. The minimum Gasteiger partial charge on any atom is -0.496 e. The quantitative estimate of drug-likeness (QED) is 0.332. The van der Waals surface area contributed by atoms with E-state index in [0.29, 0.717) is 33.0 Å². The molecule has 3 aromatic carbocycles. The number of hydrogen-bond donors (Lipinski definition) is 0. The van der Waals surface area contributed by atoms with Crippen LogP contribution in [0.4, 0.5) is 5.13 Å². The summed E-state index contributed by atoms with van der Waals surface area (Å²) in [4.78, 5) is 20.1. The summed E-state index contributed by atoms with van der Waals surface area (Å²) < 4.78 is 6.38. The molecular formula is C23H18Cl2N2O2S. The summed E-state index contributed by atoms with van der Waals surface area (Å²) >= 11 is 13.9. The van der Waals surface area contributed by atoms with Gasteiger partial charge in [0.2, 0.25) is 0 Å². The Balaban J connectivity index is 1.84. The molecule has 0 spiro atoms. The average Bonchev–Trinajstić information content (AvgIpc) is 3.19. The summed E-state index contributed by atoms with van der Waals surface area (Å²) in [6.45, 7) is 2.29. The molecule has 0 aliphatic rings. The molecule has 0 bridgehead atoms. The second-order valence-electron chi connectivity index (χ2n) is 6.74. The van der Waals surface area contributed by atoms with Crippen molar-refractivity contribution in [3.63, 3.8) is 0 Å². The number of carbonyl (C=O) groups excluding carboxylic acids is 1. The molecule has 1 amide bonds. The average molecular weight is 457 g/mol. The van der Waals surface area contributed by atoms with Gasteiger partial charge >= 0.3 is 0 Å². The number of rotatable bonds is 5. The van der Waals surface area contributed by atoms with E-state index in [1.54, 1.807) is 23.1 Å². The molecule has 0 radical (unpaired) electrons. The molecule has 1 heterocycles. The molecule has 0 aliphatic carbocycles. The van der Waals surface area contributed by atoms with E-state index < -0.39 is 0 Å². The summed E-state index contributed by atoms with van der Waals surface area (Å²) in [7, 11) is 1.53. The molecule has 152 valence electrons. The Labute approximate surface area is 188 Å². The van der Waals surface area contributed by atoms with E-state index in [9.17, 15) is 4.79 Å². The number of anilines is 1. The lowest BCUT2D eigenvalue weighted by atomic mass is 10.1. The zero-order valence-electron chi connectivity index (χ0n) is 16.4. The molecule has 0 atom stereocenters. The highest BCUT2D eigenvalue weighted by atomic mass is 35.5. The standard InChI is InChI=1S/C23H18Cl2N2O2S/c1-14-18(25)9-11-20-21(14)26-23(30-20)27(13-15-6-4-3-5-7-15)22(28)17-12-16(24)8-10-19(17)29-2/h3-12H,13H2,1-2H3. The van der Waals surface area contributed by atoms with Crippen molar-refractivity contribution in [2.24, 2.45) is 0 Å². The van der Waals surface area contributed by atoms with Crippen LogP contribution in [-0.4, -0.2) is 18.0 Å². The number of halogens is 2. The van der Waals surface area contributed by atoms with Gasteiger partial charge in [0.1, 0.15) is 5.75 Å². The van der Waals surface area contributed by atoms with Crippen LogP contribution in [0.5, 0.6) is 5.75 Å². The van der Waals surface area contributed by atoms with Crippen molar-refractivity contribution in [3.8, 4) is 5.75 Å². The number of amides is 1. The number of benzene rings is 3. The predicted molar refractivity (Wildman–Crippen MR) is 124 cm³/mol. The Bertz CT molecular complexity index is 1220. The highest BCUT2D eigenvalue weighted by Gasteiger charge is 2.25. The summed E-state index contributed by atoms with van der Waals surface area (Å²) in [5.74, 6) is 0.226. The van der Waals surface area contributed by atoms with E-state index in [0.717, 1.165) is 21.3 Å². The van der Waals surface area contributed by atoms with Gasteiger partial charge in [0.05, 0.1) is 29.4 Å². The third-order valence-corrected chi connectivity index (χ3v) is 6.48. The first-order valence-corrected chi connectivity index (χ1v) is 10.8. The van der Waals surface area contributed by atoms with Gasteiger partial charge in [0, 0.05) is 10.0 Å². The fourth-order valence-corrected chi connectivity index (χ4v) is 4.54. The number of thiazole rings is 1. The van der Waals surface area contributed by atoms with Gasteiger partial charge in [-0.1, -0.05) is 64.9 Å². The van der Waals surface area contributed by atoms with Crippen molar-refractivity contribution < 1.29 is 9.53 Å². The van der Waals surface area contributed by atoms with E-state index in [2.05, 4.69) is 0 Å². The Kier molecular flexibility index (Phi) is 5.95. The van der Waals surface area contributed by atoms with E-state index >= 15 is 0 Å². The lowest BCUT2D eigenvalue weighted by Crippen LogP contribution is -2.30.